The maximum Gasteiger partial charge on any atom is 0.137 e. The van der Waals surface area contributed by atoms with Gasteiger partial charge in [-0.3, -0.25) is 0 Å². The Kier molecular flexibility index (Phi) is 6.48. The van der Waals surface area contributed by atoms with Crippen molar-refractivity contribution < 1.29 is 9.64 Å². The van der Waals surface area contributed by atoms with Crippen LogP contribution in [0.1, 0.15) is 32.1 Å². The SMILES string of the molecule is Clc1cc(Br)ccc1OCCC[NH+]1CCCCCC1. The van der Waals surface area contributed by atoms with Crippen LogP contribution in [0.25, 0.3) is 0 Å². The first-order valence-corrected chi connectivity index (χ1v) is 8.34. The largest absolute Gasteiger partial charge is 0.492 e. The lowest BCUT2D eigenvalue weighted by atomic mass is 10.2. The number of ether oxygens (including phenoxy) is 1. The third-order valence-electron chi connectivity index (χ3n) is 3.64. The summed E-state index contributed by atoms with van der Waals surface area (Å²) in [6.45, 7) is 4.64. The molecule has 4 heteroatoms. The highest BCUT2D eigenvalue weighted by atomic mass is 79.9. The molecule has 0 atom stereocenters. The van der Waals surface area contributed by atoms with E-state index in [0.29, 0.717) is 5.02 Å². The fourth-order valence-corrected chi connectivity index (χ4v) is 3.30. The zero-order chi connectivity index (χ0) is 13.5. The first-order chi connectivity index (χ1) is 9.25. The fraction of sp³-hybridized carbons (Fsp3) is 0.600. The van der Waals surface area contributed by atoms with Gasteiger partial charge in [0.1, 0.15) is 5.75 Å². The minimum Gasteiger partial charge on any atom is -0.492 e. The molecule has 1 heterocycles. The minimum atomic E-state index is 0.677. The molecule has 0 aromatic heterocycles. The summed E-state index contributed by atoms with van der Waals surface area (Å²) >= 11 is 9.51. The van der Waals surface area contributed by atoms with Crippen molar-refractivity contribution in [2.45, 2.75) is 32.1 Å². The Morgan fingerprint density at radius 2 is 1.89 bits per heavy atom. The van der Waals surface area contributed by atoms with E-state index in [-0.39, 0.29) is 0 Å². The van der Waals surface area contributed by atoms with Gasteiger partial charge in [0.25, 0.3) is 0 Å². The standard InChI is InChI=1S/C15H21BrClNO/c16-13-6-7-15(14(17)12-13)19-11-5-10-18-8-3-1-2-4-9-18/h6-7,12H,1-5,8-11H2/p+1. The zero-order valence-corrected chi connectivity index (χ0v) is 13.6. The molecule has 1 aliphatic rings. The highest BCUT2D eigenvalue weighted by Crippen LogP contribution is 2.27. The monoisotopic (exact) mass is 346 g/mol. The van der Waals surface area contributed by atoms with Gasteiger partial charge in [0, 0.05) is 10.9 Å². The number of halogens is 2. The highest BCUT2D eigenvalue weighted by Gasteiger charge is 2.11. The van der Waals surface area contributed by atoms with Crippen molar-refractivity contribution in [3.05, 3.63) is 27.7 Å². The molecule has 1 aliphatic heterocycles. The lowest BCUT2D eigenvalue weighted by Gasteiger charge is -2.17. The smallest absolute Gasteiger partial charge is 0.137 e. The van der Waals surface area contributed by atoms with Crippen LogP contribution in [0, 0.1) is 0 Å². The van der Waals surface area contributed by atoms with Gasteiger partial charge in [-0.05, 0) is 43.9 Å². The van der Waals surface area contributed by atoms with Crippen LogP contribution in [0.3, 0.4) is 0 Å². The second kappa shape index (κ2) is 8.13. The summed E-state index contributed by atoms with van der Waals surface area (Å²) in [5.41, 5.74) is 0. The average molecular weight is 348 g/mol. The van der Waals surface area contributed by atoms with Gasteiger partial charge in [0.15, 0.2) is 0 Å². The van der Waals surface area contributed by atoms with Crippen LogP contribution in [0.5, 0.6) is 5.75 Å². The second-order valence-electron chi connectivity index (χ2n) is 5.19. The van der Waals surface area contributed by atoms with Gasteiger partial charge in [-0.1, -0.05) is 27.5 Å². The average Bonchev–Trinajstić information content (AvgIpc) is 2.65. The van der Waals surface area contributed by atoms with Crippen LogP contribution in [0.4, 0.5) is 0 Å². The lowest BCUT2D eigenvalue weighted by Crippen LogP contribution is -3.11. The van der Waals surface area contributed by atoms with Gasteiger partial charge in [0.05, 0.1) is 31.3 Å². The summed E-state index contributed by atoms with van der Waals surface area (Å²) in [5, 5.41) is 0.677. The predicted molar refractivity (Wildman–Crippen MR) is 83.3 cm³/mol. The molecule has 2 rings (SSSR count). The third kappa shape index (κ3) is 5.33. The maximum absolute atomic E-state index is 6.12. The first-order valence-electron chi connectivity index (χ1n) is 7.17. The van der Waals surface area contributed by atoms with Crippen LogP contribution in [0.2, 0.25) is 5.02 Å². The number of nitrogens with one attached hydrogen (secondary N) is 1. The van der Waals surface area contributed by atoms with E-state index in [9.17, 15) is 0 Å². The molecular weight excluding hydrogens is 326 g/mol. The van der Waals surface area contributed by atoms with E-state index in [1.54, 1.807) is 4.90 Å². The quantitative estimate of drug-likeness (QED) is 0.807. The lowest BCUT2D eigenvalue weighted by molar-refractivity contribution is -0.899. The summed E-state index contributed by atoms with van der Waals surface area (Å²) in [4.78, 5) is 1.74. The molecule has 0 radical (unpaired) electrons. The van der Waals surface area contributed by atoms with Crippen molar-refractivity contribution in [3.8, 4) is 5.75 Å². The predicted octanol–water partition coefficient (Wildman–Crippen LogP) is 3.33. The van der Waals surface area contributed by atoms with Crippen molar-refractivity contribution in [3.63, 3.8) is 0 Å². The van der Waals surface area contributed by atoms with Crippen molar-refractivity contribution in [2.75, 3.05) is 26.2 Å². The minimum absolute atomic E-state index is 0.677. The Labute approximate surface area is 129 Å². The molecule has 0 aliphatic carbocycles. The van der Waals surface area contributed by atoms with Crippen LogP contribution < -0.4 is 9.64 Å². The molecule has 1 aromatic rings. The normalized spacial score (nSPS) is 17.2. The van der Waals surface area contributed by atoms with Crippen LogP contribution >= 0.6 is 27.5 Å². The molecule has 1 aromatic carbocycles. The Bertz CT molecular complexity index is 392. The van der Waals surface area contributed by atoms with E-state index in [0.717, 1.165) is 23.2 Å². The number of rotatable bonds is 5. The highest BCUT2D eigenvalue weighted by molar-refractivity contribution is 9.10. The zero-order valence-electron chi connectivity index (χ0n) is 11.3. The molecule has 0 spiro atoms. The Hall–Kier alpha value is -0.250. The van der Waals surface area contributed by atoms with Crippen molar-refractivity contribution >= 4 is 27.5 Å². The summed E-state index contributed by atoms with van der Waals surface area (Å²) in [7, 11) is 0. The van der Waals surface area contributed by atoms with Crippen molar-refractivity contribution in [1.29, 1.82) is 0 Å². The molecule has 2 nitrogen and oxygen atoms in total. The van der Waals surface area contributed by atoms with E-state index >= 15 is 0 Å². The topological polar surface area (TPSA) is 13.7 Å². The summed E-state index contributed by atoms with van der Waals surface area (Å²) < 4.78 is 6.73. The molecule has 0 amide bonds. The molecule has 1 saturated heterocycles. The van der Waals surface area contributed by atoms with Crippen LogP contribution in [0.15, 0.2) is 22.7 Å². The van der Waals surface area contributed by atoms with E-state index < -0.39 is 0 Å². The van der Waals surface area contributed by atoms with Gasteiger partial charge in [-0.2, -0.15) is 0 Å². The fourth-order valence-electron chi connectivity index (χ4n) is 2.58. The van der Waals surface area contributed by atoms with E-state index in [2.05, 4.69) is 15.9 Å². The molecule has 0 saturated carbocycles. The first kappa shape index (κ1) is 15.1. The van der Waals surface area contributed by atoms with Gasteiger partial charge in [-0.25, -0.2) is 0 Å². The van der Waals surface area contributed by atoms with E-state index in [1.165, 1.54) is 45.3 Å². The van der Waals surface area contributed by atoms with Crippen LogP contribution in [-0.4, -0.2) is 26.2 Å². The summed E-state index contributed by atoms with van der Waals surface area (Å²) in [5.74, 6) is 0.788. The van der Waals surface area contributed by atoms with Gasteiger partial charge in [0.2, 0.25) is 0 Å². The molecule has 106 valence electrons. The Balaban J connectivity index is 1.68. The number of benzene rings is 1. The number of quaternary nitrogens is 1. The van der Waals surface area contributed by atoms with E-state index in [4.69, 9.17) is 16.3 Å². The maximum atomic E-state index is 6.12. The molecule has 19 heavy (non-hydrogen) atoms. The van der Waals surface area contributed by atoms with Crippen molar-refractivity contribution in [1.82, 2.24) is 0 Å². The molecule has 0 bridgehead atoms. The van der Waals surface area contributed by atoms with E-state index in [1.807, 2.05) is 18.2 Å². The molecule has 1 fully saturated rings. The van der Waals surface area contributed by atoms with Crippen LogP contribution in [-0.2, 0) is 0 Å². The van der Waals surface area contributed by atoms with Gasteiger partial charge < -0.3 is 9.64 Å². The summed E-state index contributed by atoms with van der Waals surface area (Å²) in [6, 6.07) is 5.75. The van der Waals surface area contributed by atoms with Crippen molar-refractivity contribution in [2.24, 2.45) is 0 Å². The number of hydrogen-bond donors (Lipinski definition) is 1. The number of hydrogen-bond acceptors (Lipinski definition) is 1. The molecule has 1 N–H and O–H groups in total. The summed E-state index contributed by atoms with van der Waals surface area (Å²) in [6.07, 6.45) is 6.69. The third-order valence-corrected chi connectivity index (χ3v) is 4.43. The number of likely N-dealkylation sites (tertiary alicyclic amines) is 1. The van der Waals surface area contributed by atoms with Gasteiger partial charge >= 0.3 is 0 Å². The molecule has 0 unspecified atom stereocenters. The van der Waals surface area contributed by atoms with Gasteiger partial charge in [-0.15, -0.1) is 0 Å². The Morgan fingerprint density at radius 1 is 1.16 bits per heavy atom. The molecular formula is C15H22BrClNO+. The Morgan fingerprint density at radius 3 is 2.58 bits per heavy atom. The second-order valence-corrected chi connectivity index (χ2v) is 6.51.